The fraction of sp³-hybridized carbons (Fsp3) is 0.391. The number of aliphatic hydroxyl groups excluding tert-OH is 1. The van der Waals surface area contributed by atoms with Gasteiger partial charge in [0.1, 0.15) is 6.10 Å². The van der Waals surface area contributed by atoms with Crippen molar-refractivity contribution in [3.8, 4) is 0 Å². The van der Waals surface area contributed by atoms with Crippen LogP contribution in [-0.4, -0.2) is 76.8 Å². The van der Waals surface area contributed by atoms with Gasteiger partial charge in [-0.25, -0.2) is 4.98 Å². The molecule has 0 spiro atoms. The monoisotopic (exact) mass is 438 g/mol. The van der Waals surface area contributed by atoms with E-state index in [1.54, 1.807) is 24.1 Å². The summed E-state index contributed by atoms with van der Waals surface area (Å²) in [6.07, 6.45) is 0.200. The zero-order chi connectivity index (χ0) is 22.7. The number of aryl methyl sites for hydroxylation is 1. The SMILES string of the molecule is CCc1cc(C(=O)N2CCOC(c3cc(C(=O)N(C)CCO)c4ccccc4n3)C2)on1. The molecule has 2 aromatic heterocycles. The Hall–Kier alpha value is -3.30. The van der Waals surface area contributed by atoms with Gasteiger partial charge in [-0.1, -0.05) is 30.3 Å². The first kappa shape index (κ1) is 21.9. The predicted octanol–water partition coefficient (Wildman–Crippen LogP) is 2.06. The third-order valence-corrected chi connectivity index (χ3v) is 5.56. The second kappa shape index (κ2) is 9.46. The second-order valence-electron chi connectivity index (χ2n) is 7.71. The molecule has 0 radical (unpaired) electrons. The van der Waals surface area contributed by atoms with Crippen LogP contribution in [0.4, 0.5) is 0 Å². The lowest BCUT2D eigenvalue weighted by atomic mass is 10.0. The van der Waals surface area contributed by atoms with Crippen LogP contribution in [0, 0.1) is 0 Å². The summed E-state index contributed by atoms with van der Waals surface area (Å²) in [5.41, 5.74) is 2.45. The lowest BCUT2D eigenvalue weighted by Crippen LogP contribution is -2.42. The molecule has 4 rings (SSSR count). The van der Waals surface area contributed by atoms with E-state index in [9.17, 15) is 14.7 Å². The summed E-state index contributed by atoms with van der Waals surface area (Å²) in [6, 6.07) is 10.8. The highest BCUT2D eigenvalue weighted by Gasteiger charge is 2.30. The number of fused-ring (bicyclic) bond motifs is 1. The Kier molecular flexibility index (Phi) is 6.48. The number of ether oxygens (including phenoxy) is 1. The molecule has 1 aliphatic rings. The average Bonchev–Trinajstić information content (AvgIpc) is 3.32. The highest BCUT2D eigenvalue weighted by molar-refractivity contribution is 6.06. The van der Waals surface area contributed by atoms with Crippen LogP contribution < -0.4 is 0 Å². The summed E-state index contributed by atoms with van der Waals surface area (Å²) in [7, 11) is 1.65. The Morgan fingerprint density at radius 1 is 1.28 bits per heavy atom. The van der Waals surface area contributed by atoms with Gasteiger partial charge in [0, 0.05) is 31.6 Å². The molecular formula is C23H26N4O5. The Bertz CT molecular complexity index is 1130. The Labute approximate surface area is 185 Å². The van der Waals surface area contributed by atoms with Crippen LogP contribution in [0.15, 0.2) is 40.9 Å². The molecule has 1 fully saturated rings. The van der Waals surface area contributed by atoms with Gasteiger partial charge in [0.2, 0.25) is 5.76 Å². The number of nitrogens with zero attached hydrogens (tertiary/aromatic N) is 4. The Morgan fingerprint density at radius 2 is 2.09 bits per heavy atom. The number of carbonyl (C=O) groups excluding carboxylic acids is 2. The standard InChI is InChI=1S/C23H26N4O5/c1-3-15-12-20(32-25-15)23(30)27-9-11-31-21(14-27)19-13-17(22(29)26(2)8-10-28)16-6-4-5-7-18(16)24-19/h4-7,12-13,21,28H,3,8-11,14H2,1-2H3. The van der Waals surface area contributed by atoms with Gasteiger partial charge in [0.15, 0.2) is 0 Å². The van der Waals surface area contributed by atoms with Crippen molar-refractivity contribution in [2.24, 2.45) is 0 Å². The number of morpholine rings is 1. The van der Waals surface area contributed by atoms with Crippen molar-refractivity contribution >= 4 is 22.7 Å². The van der Waals surface area contributed by atoms with E-state index in [1.807, 2.05) is 31.2 Å². The lowest BCUT2D eigenvalue weighted by molar-refractivity contribution is -0.0257. The molecule has 1 aromatic carbocycles. The van der Waals surface area contributed by atoms with Gasteiger partial charge in [0.25, 0.3) is 11.8 Å². The van der Waals surface area contributed by atoms with Crippen molar-refractivity contribution in [3.05, 3.63) is 59.1 Å². The first-order chi connectivity index (χ1) is 15.5. The zero-order valence-electron chi connectivity index (χ0n) is 18.2. The maximum atomic E-state index is 13.0. The summed E-state index contributed by atoms with van der Waals surface area (Å²) >= 11 is 0. The van der Waals surface area contributed by atoms with E-state index in [0.29, 0.717) is 36.3 Å². The first-order valence-electron chi connectivity index (χ1n) is 10.6. The summed E-state index contributed by atoms with van der Waals surface area (Å²) in [5, 5.41) is 13.8. The third-order valence-electron chi connectivity index (χ3n) is 5.56. The molecule has 3 heterocycles. The maximum absolute atomic E-state index is 13.0. The van der Waals surface area contributed by atoms with Gasteiger partial charge in [-0.2, -0.15) is 0 Å². The molecule has 9 heteroatoms. The molecule has 3 aromatic rings. The minimum atomic E-state index is -0.486. The van der Waals surface area contributed by atoms with Gasteiger partial charge in [0.05, 0.1) is 42.2 Å². The molecule has 0 bridgehead atoms. The summed E-state index contributed by atoms with van der Waals surface area (Å²) in [4.78, 5) is 33.8. The number of likely N-dealkylation sites (N-methyl/N-ethyl adjacent to an activating group) is 1. The normalized spacial score (nSPS) is 16.3. The second-order valence-corrected chi connectivity index (χ2v) is 7.71. The molecule has 1 aliphatic heterocycles. The topological polar surface area (TPSA) is 109 Å². The molecule has 1 saturated heterocycles. The summed E-state index contributed by atoms with van der Waals surface area (Å²) in [6.45, 7) is 3.10. The summed E-state index contributed by atoms with van der Waals surface area (Å²) in [5.74, 6) is -0.253. The van der Waals surface area contributed by atoms with Crippen molar-refractivity contribution in [1.29, 1.82) is 0 Å². The van der Waals surface area contributed by atoms with Crippen LogP contribution >= 0.6 is 0 Å². The minimum absolute atomic E-state index is 0.123. The number of amides is 2. The fourth-order valence-corrected chi connectivity index (χ4v) is 3.74. The highest BCUT2D eigenvalue weighted by Crippen LogP contribution is 2.27. The minimum Gasteiger partial charge on any atom is -0.395 e. The van der Waals surface area contributed by atoms with Crippen LogP contribution in [0.3, 0.4) is 0 Å². The van der Waals surface area contributed by atoms with Crippen LogP contribution in [0.1, 0.15) is 45.3 Å². The predicted molar refractivity (Wildman–Crippen MR) is 116 cm³/mol. The van der Waals surface area contributed by atoms with Crippen LogP contribution in [0.5, 0.6) is 0 Å². The average molecular weight is 438 g/mol. The lowest BCUT2D eigenvalue weighted by Gasteiger charge is -2.32. The number of benzene rings is 1. The molecule has 1 atom stereocenters. The van der Waals surface area contributed by atoms with Gasteiger partial charge in [-0.05, 0) is 18.6 Å². The van der Waals surface area contributed by atoms with Gasteiger partial charge >= 0.3 is 0 Å². The molecule has 1 unspecified atom stereocenters. The van der Waals surface area contributed by atoms with E-state index in [4.69, 9.17) is 14.2 Å². The zero-order valence-corrected chi connectivity index (χ0v) is 18.2. The molecule has 0 aliphatic carbocycles. The number of pyridine rings is 1. The maximum Gasteiger partial charge on any atom is 0.292 e. The largest absolute Gasteiger partial charge is 0.395 e. The van der Waals surface area contributed by atoms with Crippen molar-refractivity contribution < 1.29 is 24.0 Å². The number of hydrogen-bond acceptors (Lipinski definition) is 7. The van der Waals surface area contributed by atoms with Crippen molar-refractivity contribution in [2.75, 3.05) is 39.9 Å². The highest BCUT2D eigenvalue weighted by atomic mass is 16.5. The smallest absolute Gasteiger partial charge is 0.292 e. The Morgan fingerprint density at radius 3 is 2.84 bits per heavy atom. The van der Waals surface area contributed by atoms with Crippen molar-refractivity contribution in [2.45, 2.75) is 19.4 Å². The van der Waals surface area contributed by atoms with E-state index < -0.39 is 6.10 Å². The molecule has 1 N–H and O–H groups in total. The van der Waals surface area contributed by atoms with Crippen LogP contribution in [0.2, 0.25) is 0 Å². The number of aromatic nitrogens is 2. The number of hydrogen-bond donors (Lipinski definition) is 1. The molecule has 0 saturated carbocycles. The van der Waals surface area contributed by atoms with E-state index in [2.05, 4.69) is 5.16 Å². The van der Waals surface area contributed by atoms with Gasteiger partial charge in [-0.15, -0.1) is 0 Å². The van der Waals surface area contributed by atoms with E-state index in [-0.39, 0.29) is 37.3 Å². The number of para-hydroxylation sites is 1. The number of carbonyl (C=O) groups is 2. The van der Waals surface area contributed by atoms with E-state index >= 15 is 0 Å². The third kappa shape index (κ3) is 4.35. The van der Waals surface area contributed by atoms with Crippen LogP contribution in [-0.2, 0) is 11.2 Å². The van der Waals surface area contributed by atoms with Gasteiger partial charge in [-0.3, -0.25) is 9.59 Å². The Balaban J connectivity index is 1.63. The van der Waals surface area contributed by atoms with Crippen molar-refractivity contribution in [1.82, 2.24) is 19.9 Å². The molecular weight excluding hydrogens is 412 g/mol. The number of aliphatic hydroxyl groups is 1. The van der Waals surface area contributed by atoms with Crippen molar-refractivity contribution in [3.63, 3.8) is 0 Å². The summed E-state index contributed by atoms with van der Waals surface area (Å²) < 4.78 is 11.1. The molecule has 9 nitrogen and oxygen atoms in total. The van der Waals surface area contributed by atoms with E-state index in [0.717, 1.165) is 11.1 Å². The van der Waals surface area contributed by atoms with Crippen LogP contribution in [0.25, 0.3) is 10.9 Å². The molecule has 2 amide bonds. The quantitative estimate of drug-likeness (QED) is 0.627. The van der Waals surface area contributed by atoms with E-state index in [1.165, 1.54) is 4.90 Å². The number of rotatable bonds is 6. The first-order valence-corrected chi connectivity index (χ1v) is 10.6. The molecule has 168 valence electrons. The fourth-order valence-electron chi connectivity index (χ4n) is 3.74. The van der Waals surface area contributed by atoms with Gasteiger partial charge < -0.3 is 24.2 Å². The molecule has 32 heavy (non-hydrogen) atoms.